The van der Waals surface area contributed by atoms with E-state index in [0.29, 0.717) is 11.5 Å². The van der Waals surface area contributed by atoms with Crippen molar-refractivity contribution in [1.82, 2.24) is 10.6 Å². The minimum absolute atomic E-state index is 0.0151. The van der Waals surface area contributed by atoms with E-state index in [9.17, 15) is 4.79 Å². The van der Waals surface area contributed by atoms with Crippen molar-refractivity contribution in [2.75, 3.05) is 33.9 Å². The van der Waals surface area contributed by atoms with E-state index < -0.39 is 0 Å². The standard InChI is InChI=1S/C15H20N2O3/c1-16-15(18)10-20-13-4-3-12(9-14(13)19-2)11-5-7-17-8-6-11/h3-5,9,17H,6-8,10H2,1-2H3,(H,16,18). The van der Waals surface area contributed by atoms with E-state index in [4.69, 9.17) is 9.47 Å². The molecule has 1 aromatic carbocycles. The van der Waals surface area contributed by atoms with Crippen molar-refractivity contribution >= 4 is 11.5 Å². The Morgan fingerprint density at radius 1 is 1.40 bits per heavy atom. The predicted molar refractivity (Wildman–Crippen MR) is 78.0 cm³/mol. The maximum atomic E-state index is 11.2. The highest BCUT2D eigenvalue weighted by Gasteiger charge is 2.11. The molecule has 108 valence electrons. The van der Waals surface area contributed by atoms with Gasteiger partial charge in [0.2, 0.25) is 0 Å². The molecular weight excluding hydrogens is 256 g/mol. The van der Waals surface area contributed by atoms with E-state index in [2.05, 4.69) is 16.7 Å². The Morgan fingerprint density at radius 3 is 2.90 bits per heavy atom. The molecule has 1 heterocycles. The zero-order chi connectivity index (χ0) is 14.4. The number of amides is 1. The SMILES string of the molecule is CNC(=O)COc1ccc(C2=CCNCC2)cc1OC. The molecule has 2 rings (SSSR count). The number of carbonyl (C=O) groups excluding carboxylic acids is 1. The smallest absolute Gasteiger partial charge is 0.257 e. The first-order valence-corrected chi connectivity index (χ1v) is 6.66. The summed E-state index contributed by atoms with van der Waals surface area (Å²) < 4.78 is 10.8. The Morgan fingerprint density at radius 2 is 2.25 bits per heavy atom. The van der Waals surface area contributed by atoms with Gasteiger partial charge in [0, 0.05) is 13.6 Å². The second-order valence-corrected chi connectivity index (χ2v) is 4.51. The van der Waals surface area contributed by atoms with Crippen LogP contribution < -0.4 is 20.1 Å². The number of hydrogen-bond donors (Lipinski definition) is 2. The van der Waals surface area contributed by atoms with Crippen LogP contribution in [-0.4, -0.2) is 39.8 Å². The number of carbonyl (C=O) groups is 1. The number of likely N-dealkylation sites (N-methyl/N-ethyl adjacent to an activating group) is 1. The van der Waals surface area contributed by atoms with Gasteiger partial charge in [0.25, 0.3) is 5.91 Å². The van der Waals surface area contributed by atoms with Gasteiger partial charge in [-0.15, -0.1) is 0 Å². The van der Waals surface area contributed by atoms with E-state index >= 15 is 0 Å². The van der Waals surface area contributed by atoms with Crippen molar-refractivity contribution in [3.8, 4) is 11.5 Å². The monoisotopic (exact) mass is 276 g/mol. The first kappa shape index (κ1) is 14.4. The molecule has 1 aliphatic rings. The first-order valence-electron chi connectivity index (χ1n) is 6.66. The molecule has 0 aromatic heterocycles. The fourth-order valence-corrected chi connectivity index (χ4v) is 2.09. The van der Waals surface area contributed by atoms with Gasteiger partial charge < -0.3 is 20.1 Å². The van der Waals surface area contributed by atoms with Crippen molar-refractivity contribution in [3.63, 3.8) is 0 Å². The van der Waals surface area contributed by atoms with E-state index in [0.717, 1.165) is 25.1 Å². The maximum Gasteiger partial charge on any atom is 0.257 e. The van der Waals surface area contributed by atoms with Gasteiger partial charge in [0.05, 0.1) is 7.11 Å². The third kappa shape index (κ3) is 3.51. The van der Waals surface area contributed by atoms with Gasteiger partial charge in [-0.1, -0.05) is 12.1 Å². The van der Waals surface area contributed by atoms with Gasteiger partial charge in [-0.05, 0) is 36.2 Å². The number of methoxy groups -OCH3 is 1. The third-order valence-corrected chi connectivity index (χ3v) is 3.24. The molecule has 1 aliphatic heterocycles. The summed E-state index contributed by atoms with van der Waals surface area (Å²) >= 11 is 0. The highest BCUT2D eigenvalue weighted by Crippen LogP contribution is 2.31. The first-order chi connectivity index (χ1) is 9.74. The average molecular weight is 276 g/mol. The van der Waals surface area contributed by atoms with Crippen LogP contribution in [-0.2, 0) is 4.79 Å². The third-order valence-electron chi connectivity index (χ3n) is 3.24. The van der Waals surface area contributed by atoms with Crippen LogP contribution in [0.1, 0.15) is 12.0 Å². The average Bonchev–Trinajstić information content (AvgIpc) is 2.53. The molecule has 0 bridgehead atoms. The summed E-state index contributed by atoms with van der Waals surface area (Å²) in [4.78, 5) is 11.2. The van der Waals surface area contributed by atoms with Crippen LogP contribution in [0.25, 0.3) is 5.57 Å². The lowest BCUT2D eigenvalue weighted by Gasteiger charge is -2.16. The van der Waals surface area contributed by atoms with Crippen LogP contribution in [0.2, 0.25) is 0 Å². The lowest BCUT2D eigenvalue weighted by Crippen LogP contribution is -2.24. The molecule has 0 atom stereocenters. The molecule has 0 spiro atoms. The second kappa shape index (κ2) is 6.96. The van der Waals surface area contributed by atoms with Crippen LogP contribution in [0.5, 0.6) is 11.5 Å². The summed E-state index contributed by atoms with van der Waals surface area (Å²) in [5.41, 5.74) is 2.44. The molecule has 0 saturated heterocycles. The highest BCUT2D eigenvalue weighted by atomic mass is 16.5. The molecule has 20 heavy (non-hydrogen) atoms. The number of ether oxygens (including phenoxy) is 2. The summed E-state index contributed by atoms with van der Waals surface area (Å²) in [6.07, 6.45) is 3.19. The zero-order valence-corrected chi connectivity index (χ0v) is 11.9. The molecule has 0 aliphatic carbocycles. The van der Waals surface area contributed by atoms with Gasteiger partial charge in [0.15, 0.2) is 18.1 Å². The number of hydrogen-bond acceptors (Lipinski definition) is 4. The van der Waals surface area contributed by atoms with Gasteiger partial charge in [-0.3, -0.25) is 4.79 Å². The van der Waals surface area contributed by atoms with Crippen LogP contribution in [0.15, 0.2) is 24.3 Å². The van der Waals surface area contributed by atoms with E-state index in [-0.39, 0.29) is 12.5 Å². The molecule has 0 fully saturated rings. The van der Waals surface area contributed by atoms with Crippen LogP contribution in [0.4, 0.5) is 0 Å². The summed E-state index contributed by atoms with van der Waals surface area (Å²) in [5, 5.41) is 5.80. The van der Waals surface area contributed by atoms with Gasteiger partial charge >= 0.3 is 0 Å². The fourth-order valence-electron chi connectivity index (χ4n) is 2.09. The van der Waals surface area contributed by atoms with Gasteiger partial charge in [-0.2, -0.15) is 0 Å². The summed E-state index contributed by atoms with van der Waals surface area (Å²) in [6.45, 7) is 1.87. The minimum Gasteiger partial charge on any atom is -0.493 e. The summed E-state index contributed by atoms with van der Waals surface area (Å²) in [7, 11) is 3.18. The lowest BCUT2D eigenvalue weighted by molar-refractivity contribution is -0.122. The van der Waals surface area contributed by atoms with E-state index in [1.54, 1.807) is 14.2 Å². The second-order valence-electron chi connectivity index (χ2n) is 4.51. The van der Waals surface area contributed by atoms with Crippen LogP contribution in [0, 0.1) is 0 Å². The van der Waals surface area contributed by atoms with E-state index in [1.165, 1.54) is 5.57 Å². The number of rotatable bonds is 5. The highest BCUT2D eigenvalue weighted by molar-refractivity contribution is 5.77. The Kier molecular flexibility index (Phi) is 5.01. The number of nitrogens with one attached hydrogen (secondary N) is 2. The van der Waals surface area contributed by atoms with Crippen LogP contribution >= 0.6 is 0 Å². The maximum absolute atomic E-state index is 11.2. The summed E-state index contributed by atoms with van der Waals surface area (Å²) in [5.74, 6) is 1.05. The molecule has 1 aromatic rings. The fraction of sp³-hybridized carbons (Fsp3) is 0.400. The topological polar surface area (TPSA) is 59.6 Å². The Hall–Kier alpha value is -2.01. The largest absolute Gasteiger partial charge is 0.493 e. The van der Waals surface area contributed by atoms with Crippen molar-refractivity contribution in [3.05, 3.63) is 29.8 Å². The van der Waals surface area contributed by atoms with Crippen molar-refractivity contribution < 1.29 is 14.3 Å². The molecule has 0 saturated carbocycles. The molecule has 0 unspecified atom stereocenters. The Bertz CT molecular complexity index is 512. The minimum atomic E-state index is -0.169. The molecule has 1 amide bonds. The molecular formula is C15H20N2O3. The van der Waals surface area contributed by atoms with E-state index in [1.807, 2.05) is 18.2 Å². The van der Waals surface area contributed by atoms with Gasteiger partial charge in [0.1, 0.15) is 0 Å². The van der Waals surface area contributed by atoms with Crippen molar-refractivity contribution in [2.45, 2.75) is 6.42 Å². The van der Waals surface area contributed by atoms with Gasteiger partial charge in [-0.25, -0.2) is 0 Å². The van der Waals surface area contributed by atoms with Crippen LogP contribution in [0.3, 0.4) is 0 Å². The lowest BCUT2D eigenvalue weighted by atomic mass is 10.00. The zero-order valence-electron chi connectivity index (χ0n) is 11.9. The molecule has 0 radical (unpaired) electrons. The van der Waals surface area contributed by atoms with Crippen molar-refractivity contribution in [2.24, 2.45) is 0 Å². The quantitative estimate of drug-likeness (QED) is 0.848. The predicted octanol–water partition coefficient (Wildman–Crippen LogP) is 1.20. The number of benzene rings is 1. The van der Waals surface area contributed by atoms with Crippen molar-refractivity contribution in [1.29, 1.82) is 0 Å². The normalized spacial score (nSPS) is 14.4. The Labute approximate surface area is 119 Å². The Balaban J connectivity index is 2.15. The molecule has 2 N–H and O–H groups in total. The molecule has 5 heteroatoms. The summed E-state index contributed by atoms with van der Waals surface area (Å²) in [6, 6.07) is 5.80. The molecule has 5 nitrogen and oxygen atoms in total.